The monoisotopic (exact) mass is 217 g/mol. The van der Waals surface area contributed by atoms with E-state index in [0.29, 0.717) is 5.69 Å². The lowest BCUT2D eigenvalue weighted by Gasteiger charge is -2.06. The maximum Gasteiger partial charge on any atom is 0.116 e. The minimum absolute atomic E-state index is 0.0801. The van der Waals surface area contributed by atoms with Crippen LogP contribution in [0.1, 0.15) is 18.2 Å². The third kappa shape index (κ3) is 1.84. The molecule has 0 unspecified atom stereocenters. The molecule has 4 heteroatoms. The Labute approximate surface area is 94.5 Å². The molecule has 1 aromatic carbocycles. The van der Waals surface area contributed by atoms with Crippen LogP contribution in [0.3, 0.4) is 0 Å². The van der Waals surface area contributed by atoms with Gasteiger partial charge in [0.2, 0.25) is 0 Å². The molecule has 16 heavy (non-hydrogen) atoms. The van der Waals surface area contributed by atoms with Crippen LogP contribution in [0.2, 0.25) is 0 Å². The van der Waals surface area contributed by atoms with Gasteiger partial charge >= 0.3 is 0 Å². The second-order valence-corrected chi connectivity index (χ2v) is 3.73. The van der Waals surface area contributed by atoms with E-state index in [1.54, 1.807) is 4.68 Å². The average molecular weight is 217 g/mol. The van der Waals surface area contributed by atoms with E-state index in [4.69, 9.17) is 0 Å². The number of benzene rings is 1. The standard InChI is InChI=1S/C12H15N3O/c1-3-15-12(11(8-16)13-14-15)10-6-4-5-9(2)7-10/h4-7,16H,3,8H2,1-2H3. The van der Waals surface area contributed by atoms with E-state index in [1.165, 1.54) is 5.56 Å². The Morgan fingerprint density at radius 3 is 2.81 bits per heavy atom. The van der Waals surface area contributed by atoms with Gasteiger partial charge in [-0.15, -0.1) is 5.10 Å². The number of nitrogens with zero attached hydrogens (tertiary/aromatic N) is 3. The molecule has 0 radical (unpaired) electrons. The fourth-order valence-corrected chi connectivity index (χ4v) is 1.78. The summed E-state index contributed by atoms with van der Waals surface area (Å²) < 4.78 is 1.81. The summed E-state index contributed by atoms with van der Waals surface area (Å²) in [5, 5.41) is 17.2. The third-order valence-corrected chi connectivity index (χ3v) is 2.55. The highest BCUT2D eigenvalue weighted by Gasteiger charge is 2.12. The molecule has 0 fully saturated rings. The van der Waals surface area contributed by atoms with Crippen LogP contribution >= 0.6 is 0 Å². The zero-order valence-corrected chi connectivity index (χ0v) is 9.51. The van der Waals surface area contributed by atoms with Gasteiger partial charge in [0.1, 0.15) is 5.69 Å². The van der Waals surface area contributed by atoms with Gasteiger partial charge in [-0.3, -0.25) is 0 Å². The molecule has 0 saturated carbocycles. The first-order valence-corrected chi connectivity index (χ1v) is 5.36. The zero-order chi connectivity index (χ0) is 11.5. The number of aryl methyl sites for hydroxylation is 2. The van der Waals surface area contributed by atoms with Crippen LogP contribution < -0.4 is 0 Å². The summed E-state index contributed by atoms with van der Waals surface area (Å²) in [6.07, 6.45) is 0. The minimum Gasteiger partial charge on any atom is -0.390 e. The average Bonchev–Trinajstić information content (AvgIpc) is 2.71. The van der Waals surface area contributed by atoms with E-state index in [2.05, 4.69) is 16.4 Å². The smallest absolute Gasteiger partial charge is 0.116 e. The van der Waals surface area contributed by atoms with Gasteiger partial charge in [0.15, 0.2) is 0 Å². The van der Waals surface area contributed by atoms with Crippen molar-refractivity contribution in [3.05, 3.63) is 35.5 Å². The van der Waals surface area contributed by atoms with Gasteiger partial charge in [-0.25, -0.2) is 4.68 Å². The molecule has 0 aliphatic heterocycles. The van der Waals surface area contributed by atoms with E-state index in [0.717, 1.165) is 17.8 Å². The van der Waals surface area contributed by atoms with E-state index >= 15 is 0 Å². The molecule has 1 N–H and O–H groups in total. The fourth-order valence-electron chi connectivity index (χ4n) is 1.78. The predicted molar refractivity (Wildman–Crippen MR) is 61.8 cm³/mol. The second kappa shape index (κ2) is 4.45. The molecule has 0 bridgehead atoms. The molecular formula is C12H15N3O. The Morgan fingerprint density at radius 1 is 1.38 bits per heavy atom. The van der Waals surface area contributed by atoms with Gasteiger partial charge < -0.3 is 5.11 Å². The van der Waals surface area contributed by atoms with Crippen molar-refractivity contribution in [3.63, 3.8) is 0 Å². The van der Waals surface area contributed by atoms with E-state index in [9.17, 15) is 5.11 Å². The summed E-state index contributed by atoms with van der Waals surface area (Å²) in [5.74, 6) is 0. The van der Waals surface area contributed by atoms with E-state index < -0.39 is 0 Å². The normalized spacial score (nSPS) is 10.7. The van der Waals surface area contributed by atoms with Gasteiger partial charge in [-0.05, 0) is 19.9 Å². The summed E-state index contributed by atoms with van der Waals surface area (Å²) in [7, 11) is 0. The Bertz CT molecular complexity index is 469. The molecule has 0 spiro atoms. The van der Waals surface area contributed by atoms with Crippen LogP contribution in [0.25, 0.3) is 11.3 Å². The van der Waals surface area contributed by atoms with Gasteiger partial charge in [0, 0.05) is 12.1 Å². The van der Waals surface area contributed by atoms with Crippen LogP contribution in [-0.4, -0.2) is 20.1 Å². The molecule has 2 rings (SSSR count). The molecule has 0 atom stereocenters. The summed E-state index contributed by atoms with van der Waals surface area (Å²) >= 11 is 0. The largest absolute Gasteiger partial charge is 0.390 e. The molecule has 0 aliphatic carbocycles. The molecule has 0 amide bonds. The topological polar surface area (TPSA) is 50.9 Å². The van der Waals surface area contributed by atoms with Gasteiger partial charge in [0.25, 0.3) is 0 Å². The Morgan fingerprint density at radius 2 is 2.19 bits per heavy atom. The highest BCUT2D eigenvalue weighted by Crippen LogP contribution is 2.23. The molecular weight excluding hydrogens is 202 g/mol. The highest BCUT2D eigenvalue weighted by molar-refractivity contribution is 5.62. The number of hydrogen-bond acceptors (Lipinski definition) is 3. The zero-order valence-electron chi connectivity index (χ0n) is 9.51. The van der Waals surface area contributed by atoms with Crippen molar-refractivity contribution >= 4 is 0 Å². The first-order chi connectivity index (χ1) is 7.76. The number of rotatable bonds is 3. The van der Waals surface area contributed by atoms with Crippen molar-refractivity contribution in [3.8, 4) is 11.3 Å². The Hall–Kier alpha value is -1.68. The molecule has 1 heterocycles. The maximum atomic E-state index is 9.24. The van der Waals surface area contributed by atoms with E-state index in [1.807, 2.05) is 32.0 Å². The lowest BCUT2D eigenvalue weighted by atomic mass is 10.1. The van der Waals surface area contributed by atoms with Crippen molar-refractivity contribution in [2.75, 3.05) is 0 Å². The van der Waals surface area contributed by atoms with Crippen molar-refractivity contribution in [2.45, 2.75) is 27.0 Å². The fraction of sp³-hybridized carbons (Fsp3) is 0.333. The molecule has 2 aromatic rings. The van der Waals surface area contributed by atoms with Crippen LogP contribution in [0, 0.1) is 6.92 Å². The molecule has 0 aliphatic rings. The van der Waals surface area contributed by atoms with Crippen molar-refractivity contribution < 1.29 is 5.11 Å². The molecule has 4 nitrogen and oxygen atoms in total. The quantitative estimate of drug-likeness (QED) is 0.852. The van der Waals surface area contributed by atoms with Crippen molar-refractivity contribution in [1.29, 1.82) is 0 Å². The number of aliphatic hydroxyl groups is 1. The SMILES string of the molecule is CCn1nnc(CO)c1-c1cccc(C)c1. The lowest BCUT2D eigenvalue weighted by Crippen LogP contribution is -2.00. The first-order valence-electron chi connectivity index (χ1n) is 5.36. The van der Waals surface area contributed by atoms with Crippen LogP contribution in [0.15, 0.2) is 24.3 Å². The van der Waals surface area contributed by atoms with Gasteiger partial charge in [-0.2, -0.15) is 0 Å². The van der Waals surface area contributed by atoms with Crippen molar-refractivity contribution in [1.82, 2.24) is 15.0 Å². The third-order valence-electron chi connectivity index (χ3n) is 2.55. The number of hydrogen-bond donors (Lipinski definition) is 1. The molecule has 1 aromatic heterocycles. The minimum atomic E-state index is -0.0801. The first kappa shape index (κ1) is 10.8. The number of aromatic nitrogens is 3. The van der Waals surface area contributed by atoms with Crippen molar-refractivity contribution in [2.24, 2.45) is 0 Å². The summed E-state index contributed by atoms with van der Waals surface area (Å²) in [5.41, 5.74) is 3.78. The summed E-state index contributed by atoms with van der Waals surface area (Å²) in [6, 6.07) is 8.13. The highest BCUT2D eigenvalue weighted by atomic mass is 16.3. The Balaban J connectivity index is 2.57. The molecule has 84 valence electrons. The van der Waals surface area contributed by atoms with E-state index in [-0.39, 0.29) is 6.61 Å². The summed E-state index contributed by atoms with van der Waals surface area (Å²) in [4.78, 5) is 0. The van der Waals surface area contributed by atoms with Crippen LogP contribution in [0.5, 0.6) is 0 Å². The Kier molecular flexibility index (Phi) is 3.01. The molecule has 0 saturated heterocycles. The van der Waals surface area contributed by atoms with Gasteiger partial charge in [0.05, 0.1) is 12.3 Å². The summed E-state index contributed by atoms with van der Waals surface area (Å²) in [6.45, 7) is 4.72. The number of aliphatic hydroxyl groups excluding tert-OH is 1. The van der Waals surface area contributed by atoms with Crippen LogP contribution in [-0.2, 0) is 13.2 Å². The van der Waals surface area contributed by atoms with Gasteiger partial charge in [-0.1, -0.05) is 29.0 Å². The lowest BCUT2D eigenvalue weighted by molar-refractivity contribution is 0.277. The maximum absolute atomic E-state index is 9.24. The van der Waals surface area contributed by atoms with Crippen LogP contribution in [0.4, 0.5) is 0 Å². The second-order valence-electron chi connectivity index (χ2n) is 3.73. The predicted octanol–water partition coefficient (Wildman–Crippen LogP) is 1.77.